The number of nitrogens with one attached hydrogen (secondary N) is 1. The van der Waals surface area contributed by atoms with E-state index in [9.17, 15) is 4.79 Å². The third-order valence-corrected chi connectivity index (χ3v) is 3.68. The van der Waals surface area contributed by atoms with Crippen molar-refractivity contribution in [2.45, 2.75) is 25.4 Å². The zero-order valence-corrected chi connectivity index (χ0v) is 12.9. The van der Waals surface area contributed by atoms with Gasteiger partial charge in [-0.1, -0.05) is 30.8 Å². The van der Waals surface area contributed by atoms with Crippen molar-refractivity contribution in [3.8, 4) is 0 Å². The maximum Gasteiger partial charge on any atom is 0.234 e. The number of hydrogen-bond acceptors (Lipinski definition) is 5. The van der Waals surface area contributed by atoms with E-state index in [1.165, 1.54) is 17.3 Å². The fourth-order valence-corrected chi connectivity index (χ4v) is 2.49. The first-order valence-electron chi connectivity index (χ1n) is 6.69. The molecule has 0 aliphatic rings. The molecule has 0 aliphatic heterocycles. The number of amides is 1. The Balaban J connectivity index is 1.89. The van der Waals surface area contributed by atoms with Gasteiger partial charge in [0.05, 0.1) is 5.75 Å². The molecule has 0 spiro atoms. The van der Waals surface area contributed by atoms with E-state index in [-0.39, 0.29) is 11.7 Å². The summed E-state index contributed by atoms with van der Waals surface area (Å²) in [6.45, 7) is 3.94. The number of carbonyl (C=O) groups excluding carboxylic acids is 1. The van der Waals surface area contributed by atoms with Crippen molar-refractivity contribution >= 4 is 29.2 Å². The van der Waals surface area contributed by atoms with Crippen molar-refractivity contribution in [1.29, 1.82) is 0 Å². The van der Waals surface area contributed by atoms with Crippen LogP contribution in [-0.4, -0.2) is 21.6 Å². The Hall–Kier alpha value is -2.08. The van der Waals surface area contributed by atoms with Gasteiger partial charge in [0.2, 0.25) is 5.91 Å². The Morgan fingerprint density at radius 3 is 2.62 bits per heavy atom. The van der Waals surface area contributed by atoms with Crippen LogP contribution in [0.4, 0.5) is 11.5 Å². The van der Waals surface area contributed by atoms with Crippen LogP contribution >= 0.6 is 11.8 Å². The summed E-state index contributed by atoms with van der Waals surface area (Å²) in [6, 6.07) is 9.52. The van der Waals surface area contributed by atoms with Gasteiger partial charge in [-0.15, -0.1) is 0 Å². The van der Waals surface area contributed by atoms with Crippen molar-refractivity contribution in [3.63, 3.8) is 0 Å². The number of nitrogens with two attached hydrogens (primary N) is 1. The molecule has 5 nitrogen and oxygen atoms in total. The molecule has 3 N–H and O–H groups in total. The van der Waals surface area contributed by atoms with Crippen molar-refractivity contribution in [2.24, 2.45) is 0 Å². The number of carbonyl (C=O) groups is 1. The van der Waals surface area contributed by atoms with E-state index in [2.05, 4.69) is 22.2 Å². The molecule has 1 amide bonds. The zero-order valence-electron chi connectivity index (χ0n) is 12.1. The summed E-state index contributed by atoms with van der Waals surface area (Å²) in [7, 11) is 0. The number of nitrogens with zero attached hydrogens (tertiary/aromatic N) is 2. The summed E-state index contributed by atoms with van der Waals surface area (Å²) < 4.78 is 0. The second kappa shape index (κ2) is 7.08. The van der Waals surface area contributed by atoms with Crippen LogP contribution in [-0.2, 0) is 11.2 Å². The molecular formula is C15H18N4OS. The Bertz CT molecular complexity index is 608. The number of benzene rings is 1. The molecule has 0 radical (unpaired) electrons. The molecule has 0 saturated carbocycles. The molecule has 1 heterocycles. The van der Waals surface area contributed by atoms with E-state index in [4.69, 9.17) is 5.73 Å². The molecule has 0 fully saturated rings. The van der Waals surface area contributed by atoms with Crippen LogP contribution in [0.5, 0.6) is 0 Å². The number of aryl methyl sites for hydroxylation is 2. The fourth-order valence-electron chi connectivity index (χ4n) is 1.78. The fraction of sp³-hybridized carbons (Fsp3) is 0.267. The van der Waals surface area contributed by atoms with Crippen LogP contribution in [0, 0.1) is 6.92 Å². The van der Waals surface area contributed by atoms with Gasteiger partial charge < -0.3 is 11.1 Å². The minimum atomic E-state index is -0.0899. The van der Waals surface area contributed by atoms with E-state index in [1.807, 2.05) is 31.2 Å². The van der Waals surface area contributed by atoms with Crippen LogP contribution in [0.3, 0.4) is 0 Å². The highest BCUT2D eigenvalue weighted by atomic mass is 32.2. The molecule has 0 saturated heterocycles. The average Bonchev–Trinajstić information content (AvgIpc) is 2.45. The van der Waals surface area contributed by atoms with Crippen molar-refractivity contribution in [3.05, 3.63) is 41.6 Å². The Kier molecular flexibility index (Phi) is 5.16. The lowest BCUT2D eigenvalue weighted by Crippen LogP contribution is -2.14. The number of hydrogen-bond donors (Lipinski definition) is 2. The van der Waals surface area contributed by atoms with Crippen LogP contribution in [0.1, 0.15) is 18.2 Å². The van der Waals surface area contributed by atoms with Gasteiger partial charge in [-0.05, 0) is 31.0 Å². The highest BCUT2D eigenvalue weighted by molar-refractivity contribution is 7.99. The third-order valence-electron chi connectivity index (χ3n) is 2.83. The Morgan fingerprint density at radius 2 is 2.00 bits per heavy atom. The van der Waals surface area contributed by atoms with Gasteiger partial charge in [-0.3, -0.25) is 4.79 Å². The zero-order chi connectivity index (χ0) is 15.2. The summed E-state index contributed by atoms with van der Waals surface area (Å²) in [6.07, 6.45) is 0.982. The normalized spacial score (nSPS) is 10.4. The maximum absolute atomic E-state index is 11.9. The third kappa shape index (κ3) is 4.75. The lowest BCUT2D eigenvalue weighted by molar-refractivity contribution is -0.113. The van der Waals surface area contributed by atoms with E-state index >= 15 is 0 Å². The maximum atomic E-state index is 11.9. The largest absolute Gasteiger partial charge is 0.384 e. The molecule has 0 bridgehead atoms. The summed E-state index contributed by atoms with van der Waals surface area (Å²) >= 11 is 1.27. The van der Waals surface area contributed by atoms with Crippen LogP contribution < -0.4 is 11.1 Å². The Labute approximate surface area is 128 Å². The van der Waals surface area contributed by atoms with E-state index < -0.39 is 0 Å². The smallest absolute Gasteiger partial charge is 0.234 e. The Morgan fingerprint density at radius 1 is 1.29 bits per heavy atom. The van der Waals surface area contributed by atoms with Crippen LogP contribution in [0.15, 0.2) is 35.5 Å². The number of anilines is 2. The number of nitrogen functional groups attached to an aromatic ring is 1. The topological polar surface area (TPSA) is 80.9 Å². The predicted octanol–water partition coefficient (Wildman–Crippen LogP) is 2.66. The van der Waals surface area contributed by atoms with Gasteiger partial charge in [-0.25, -0.2) is 9.97 Å². The summed E-state index contributed by atoms with van der Waals surface area (Å²) in [4.78, 5) is 20.2. The molecule has 1 aromatic heterocycles. The molecule has 21 heavy (non-hydrogen) atoms. The highest BCUT2D eigenvalue weighted by Gasteiger charge is 2.06. The van der Waals surface area contributed by atoms with Crippen LogP contribution in [0.25, 0.3) is 0 Å². The number of aromatic nitrogens is 2. The summed E-state index contributed by atoms with van der Waals surface area (Å²) in [5.41, 5.74) is 8.48. The lowest BCUT2D eigenvalue weighted by atomic mass is 10.1. The van der Waals surface area contributed by atoms with Gasteiger partial charge in [0.25, 0.3) is 0 Å². The molecule has 110 valence electrons. The molecule has 0 aliphatic carbocycles. The van der Waals surface area contributed by atoms with Crippen molar-refractivity contribution < 1.29 is 4.79 Å². The molecule has 2 rings (SSSR count). The van der Waals surface area contributed by atoms with E-state index in [0.717, 1.165) is 17.8 Å². The minimum absolute atomic E-state index is 0.0899. The first-order valence-corrected chi connectivity index (χ1v) is 7.68. The van der Waals surface area contributed by atoms with Crippen molar-refractivity contribution in [1.82, 2.24) is 9.97 Å². The van der Waals surface area contributed by atoms with Gasteiger partial charge in [0.15, 0.2) is 5.16 Å². The van der Waals surface area contributed by atoms with Gasteiger partial charge in [0.1, 0.15) is 5.82 Å². The van der Waals surface area contributed by atoms with E-state index in [1.54, 1.807) is 6.07 Å². The first kappa shape index (κ1) is 15.3. The lowest BCUT2D eigenvalue weighted by Gasteiger charge is -2.06. The second-order valence-electron chi connectivity index (χ2n) is 4.60. The molecule has 0 atom stereocenters. The summed E-state index contributed by atoms with van der Waals surface area (Å²) in [5.74, 6) is 0.576. The standard InChI is InChI=1S/C15H18N4OS/c1-3-11-4-6-12(7-5-11)18-14(20)9-21-15-17-10(2)8-13(16)19-15/h4-8H,3,9H2,1-2H3,(H,18,20)(H2,16,17,19). The minimum Gasteiger partial charge on any atom is -0.384 e. The molecule has 6 heteroatoms. The highest BCUT2D eigenvalue weighted by Crippen LogP contribution is 2.16. The summed E-state index contributed by atoms with van der Waals surface area (Å²) in [5, 5.41) is 3.36. The van der Waals surface area contributed by atoms with Crippen LogP contribution in [0.2, 0.25) is 0 Å². The molecule has 2 aromatic rings. The SMILES string of the molecule is CCc1ccc(NC(=O)CSc2nc(C)cc(N)n2)cc1. The van der Waals surface area contributed by atoms with Gasteiger partial charge in [0, 0.05) is 17.4 Å². The second-order valence-corrected chi connectivity index (χ2v) is 5.55. The van der Waals surface area contributed by atoms with Crippen molar-refractivity contribution in [2.75, 3.05) is 16.8 Å². The quantitative estimate of drug-likeness (QED) is 0.655. The molecule has 0 unspecified atom stereocenters. The van der Waals surface area contributed by atoms with E-state index in [0.29, 0.717) is 11.0 Å². The average molecular weight is 302 g/mol. The van der Waals surface area contributed by atoms with Gasteiger partial charge in [-0.2, -0.15) is 0 Å². The first-order chi connectivity index (χ1) is 10.1. The molecule has 1 aromatic carbocycles. The predicted molar refractivity (Wildman–Crippen MR) is 86.4 cm³/mol. The number of thioether (sulfide) groups is 1. The monoisotopic (exact) mass is 302 g/mol. The molecular weight excluding hydrogens is 284 g/mol. The van der Waals surface area contributed by atoms with Gasteiger partial charge >= 0.3 is 0 Å². The number of rotatable bonds is 5.